The lowest BCUT2D eigenvalue weighted by atomic mass is 9.98. The van der Waals surface area contributed by atoms with Gasteiger partial charge in [-0.05, 0) is 55.7 Å². The van der Waals surface area contributed by atoms with Gasteiger partial charge in [-0.2, -0.15) is 4.31 Å². The van der Waals surface area contributed by atoms with Gasteiger partial charge < -0.3 is 14.5 Å². The van der Waals surface area contributed by atoms with Crippen molar-refractivity contribution in [2.24, 2.45) is 5.92 Å². The number of sulfonamides is 1. The highest BCUT2D eigenvalue weighted by Gasteiger charge is 2.36. The number of piperidine rings is 1. The number of carbonyl (C=O) groups is 1. The number of hydrogen-bond donors (Lipinski definition) is 0. The first kappa shape index (κ1) is 25.3. The summed E-state index contributed by atoms with van der Waals surface area (Å²) >= 11 is 7.96. The van der Waals surface area contributed by atoms with E-state index in [2.05, 4.69) is 4.90 Å². The van der Waals surface area contributed by atoms with E-state index in [9.17, 15) is 13.2 Å². The minimum absolute atomic E-state index is 0.0347. The number of rotatable bonds is 5. The van der Waals surface area contributed by atoms with Gasteiger partial charge in [-0.3, -0.25) is 4.79 Å². The van der Waals surface area contributed by atoms with Crippen molar-refractivity contribution in [1.82, 2.24) is 14.2 Å². The van der Waals surface area contributed by atoms with Gasteiger partial charge in [0.2, 0.25) is 15.9 Å². The smallest absolute Gasteiger partial charge is 0.243 e. The van der Waals surface area contributed by atoms with Crippen LogP contribution in [0.3, 0.4) is 0 Å². The molecule has 5 rings (SSSR count). The zero-order valence-corrected chi connectivity index (χ0v) is 22.7. The number of aryl methyl sites for hydroxylation is 1. The third-order valence-electron chi connectivity index (χ3n) is 6.98. The standard InChI is InChI=1S/C25H29ClN4O4S2/c1-17-5-10-21(26)23-22(17)27-25(35-23)29-14-12-28(13-15-29)24(31)18-4-3-11-30(16-18)36(32,33)20-8-6-19(34-2)7-9-20/h5-10,18H,3-4,11-16H2,1-2H3. The molecular weight excluding hydrogens is 520 g/mol. The van der Waals surface area contributed by atoms with Crippen molar-refractivity contribution in [2.75, 3.05) is 51.3 Å². The van der Waals surface area contributed by atoms with Gasteiger partial charge in [-0.1, -0.05) is 29.0 Å². The molecule has 0 N–H and O–H groups in total. The molecule has 0 radical (unpaired) electrons. The van der Waals surface area contributed by atoms with E-state index in [1.165, 1.54) is 4.31 Å². The Balaban J connectivity index is 1.23. The van der Waals surface area contributed by atoms with Crippen LogP contribution >= 0.6 is 22.9 Å². The molecule has 11 heteroatoms. The van der Waals surface area contributed by atoms with Gasteiger partial charge in [-0.25, -0.2) is 13.4 Å². The fraction of sp³-hybridized carbons (Fsp3) is 0.440. The quantitative estimate of drug-likeness (QED) is 0.479. The molecule has 2 fully saturated rings. The number of thiazole rings is 1. The maximum atomic E-state index is 13.4. The Morgan fingerprint density at radius 1 is 1.08 bits per heavy atom. The lowest BCUT2D eigenvalue weighted by Crippen LogP contribution is -2.53. The van der Waals surface area contributed by atoms with Crippen LogP contribution < -0.4 is 9.64 Å². The molecule has 1 atom stereocenters. The van der Waals surface area contributed by atoms with Crippen molar-refractivity contribution in [1.29, 1.82) is 0 Å². The van der Waals surface area contributed by atoms with Gasteiger partial charge in [0, 0.05) is 39.3 Å². The largest absolute Gasteiger partial charge is 0.497 e. The number of amides is 1. The lowest BCUT2D eigenvalue weighted by molar-refractivity contribution is -0.137. The Kier molecular flexibility index (Phi) is 7.13. The molecule has 0 aliphatic carbocycles. The van der Waals surface area contributed by atoms with Crippen molar-refractivity contribution in [3.05, 3.63) is 47.0 Å². The number of piperazine rings is 1. The van der Waals surface area contributed by atoms with E-state index >= 15 is 0 Å². The average molecular weight is 549 g/mol. The summed E-state index contributed by atoms with van der Waals surface area (Å²) in [4.78, 5) is 22.5. The van der Waals surface area contributed by atoms with Crippen LogP contribution in [0.2, 0.25) is 5.02 Å². The first-order valence-electron chi connectivity index (χ1n) is 12.0. The van der Waals surface area contributed by atoms with E-state index in [1.54, 1.807) is 42.7 Å². The molecule has 2 aromatic carbocycles. The number of aromatic nitrogens is 1. The average Bonchev–Trinajstić information content (AvgIpc) is 3.38. The predicted molar refractivity (Wildman–Crippen MR) is 143 cm³/mol. The fourth-order valence-electron chi connectivity index (χ4n) is 4.86. The van der Waals surface area contributed by atoms with Crippen molar-refractivity contribution in [3.63, 3.8) is 0 Å². The Bertz CT molecular complexity index is 1330. The van der Waals surface area contributed by atoms with Crippen LogP contribution in [0, 0.1) is 12.8 Å². The van der Waals surface area contributed by atoms with Gasteiger partial charge in [0.15, 0.2) is 5.13 Å². The Morgan fingerprint density at radius 2 is 1.81 bits per heavy atom. The van der Waals surface area contributed by atoms with E-state index in [1.807, 2.05) is 24.0 Å². The summed E-state index contributed by atoms with van der Waals surface area (Å²) in [7, 11) is -2.13. The Labute approximate surface area is 220 Å². The second-order valence-electron chi connectivity index (χ2n) is 9.23. The van der Waals surface area contributed by atoms with Gasteiger partial charge in [0.25, 0.3) is 0 Å². The summed E-state index contributed by atoms with van der Waals surface area (Å²) < 4.78 is 34.0. The fourth-order valence-corrected chi connectivity index (χ4v) is 7.75. The second-order valence-corrected chi connectivity index (χ2v) is 12.6. The predicted octanol–water partition coefficient (Wildman–Crippen LogP) is 4.02. The molecule has 3 aromatic rings. The van der Waals surface area contributed by atoms with Gasteiger partial charge >= 0.3 is 0 Å². The zero-order valence-electron chi connectivity index (χ0n) is 20.3. The number of fused-ring (bicyclic) bond motifs is 1. The van der Waals surface area contributed by atoms with Crippen molar-refractivity contribution in [2.45, 2.75) is 24.7 Å². The van der Waals surface area contributed by atoms with Crippen LogP contribution in [0.15, 0.2) is 41.3 Å². The minimum atomic E-state index is -3.67. The van der Waals surface area contributed by atoms with E-state index in [0.29, 0.717) is 56.3 Å². The normalized spacial score (nSPS) is 19.6. The number of benzene rings is 2. The maximum absolute atomic E-state index is 13.4. The van der Waals surface area contributed by atoms with Crippen LogP contribution in [-0.2, 0) is 14.8 Å². The van der Waals surface area contributed by atoms with E-state index in [4.69, 9.17) is 21.3 Å². The number of anilines is 1. The molecule has 0 spiro atoms. The maximum Gasteiger partial charge on any atom is 0.243 e. The van der Waals surface area contributed by atoms with Gasteiger partial charge in [0.1, 0.15) is 5.75 Å². The molecule has 3 heterocycles. The molecule has 1 unspecified atom stereocenters. The molecule has 1 aromatic heterocycles. The van der Waals surface area contributed by atoms with Crippen molar-refractivity contribution < 1.29 is 17.9 Å². The van der Waals surface area contributed by atoms with Gasteiger partial charge in [0.05, 0.1) is 33.2 Å². The summed E-state index contributed by atoms with van der Waals surface area (Å²) in [6.07, 6.45) is 1.36. The zero-order chi connectivity index (χ0) is 25.4. The molecule has 8 nitrogen and oxygen atoms in total. The minimum Gasteiger partial charge on any atom is -0.497 e. The number of hydrogen-bond acceptors (Lipinski definition) is 7. The van der Waals surface area contributed by atoms with Crippen molar-refractivity contribution in [3.8, 4) is 5.75 Å². The summed E-state index contributed by atoms with van der Waals surface area (Å²) in [5.74, 6) is 0.304. The van der Waals surface area contributed by atoms with Crippen LogP contribution in [0.5, 0.6) is 5.75 Å². The molecule has 2 aliphatic rings. The van der Waals surface area contributed by atoms with E-state index in [-0.39, 0.29) is 23.3 Å². The molecule has 192 valence electrons. The number of carbonyl (C=O) groups excluding carboxylic acids is 1. The molecule has 1 amide bonds. The molecule has 36 heavy (non-hydrogen) atoms. The topological polar surface area (TPSA) is 83.0 Å². The Morgan fingerprint density at radius 3 is 2.47 bits per heavy atom. The van der Waals surface area contributed by atoms with Crippen LogP contribution in [0.4, 0.5) is 5.13 Å². The highest BCUT2D eigenvalue weighted by molar-refractivity contribution is 7.89. The Hall–Kier alpha value is -2.40. The van der Waals surface area contributed by atoms with E-state index in [0.717, 1.165) is 20.9 Å². The third kappa shape index (κ3) is 4.79. The van der Waals surface area contributed by atoms with Crippen LogP contribution in [0.1, 0.15) is 18.4 Å². The highest BCUT2D eigenvalue weighted by Crippen LogP contribution is 2.36. The highest BCUT2D eigenvalue weighted by atomic mass is 35.5. The summed E-state index contributed by atoms with van der Waals surface area (Å²) in [5, 5.41) is 1.63. The summed E-state index contributed by atoms with van der Waals surface area (Å²) in [5.41, 5.74) is 2.03. The number of methoxy groups -OCH3 is 1. The van der Waals surface area contributed by atoms with E-state index < -0.39 is 10.0 Å². The summed E-state index contributed by atoms with van der Waals surface area (Å²) in [6, 6.07) is 10.3. The van der Waals surface area contributed by atoms with Gasteiger partial charge in [-0.15, -0.1) is 0 Å². The monoisotopic (exact) mass is 548 g/mol. The van der Waals surface area contributed by atoms with Crippen molar-refractivity contribution >= 4 is 54.2 Å². The molecular formula is C25H29ClN4O4S2. The first-order valence-corrected chi connectivity index (χ1v) is 14.6. The molecule has 2 saturated heterocycles. The SMILES string of the molecule is COc1ccc(S(=O)(=O)N2CCCC(C(=O)N3CCN(c4nc5c(C)ccc(Cl)c5s4)CC3)C2)cc1. The molecule has 2 aliphatic heterocycles. The van der Waals surface area contributed by atoms with Crippen LogP contribution in [-0.4, -0.2) is 74.9 Å². The number of halogens is 1. The lowest BCUT2D eigenvalue weighted by Gasteiger charge is -2.38. The third-order valence-corrected chi connectivity index (χ3v) is 10.4. The second kappa shape index (κ2) is 10.2. The molecule has 0 bridgehead atoms. The van der Waals surface area contributed by atoms with Crippen LogP contribution in [0.25, 0.3) is 10.2 Å². The number of nitrogens with zero attached hydrogens (tertiary/aromatic N) is 4. The number of ether oxygens (including phenoxy) is 1. The summed E-state index contributed by atoms with van der Waals surface area (Å²) in [6.45, 7) is 5.20. The first-order chi connectivity index (χ1) is 17.3. The molecule has 0 saturated carbocycles.